The number of pyridine rings is 1. The fourth-order valence-electron chi connectivity index (χ4n) is 2.45. The highest BCUT2D eigenvalue weighted by Crippen LogP contribution is 2.09. The van der Waals surface area contributed by atoms with Gasteiger partial charge in [0.15, 0.2) is 0 Å². The molecule has 1 aromatic heterocycles. The predicted molar refractivity (Wildman–Crippen MR) is 85.7 cm³/mol. The quantitative estimate of drug-likeness (QED) is 0.752. The molecule has 0 aliphatic carbocycles. The summed E-state index contributed by atoms with van der Waals surface area (Å²) in [5.74, 6) is -1.24. The van der Waals surface area contributed by atoms with E-state index >= 15 is 0 Å². The first-order valence-corrected chi connectivity index (χ1v) is 7.88. The zero-order valence-corrected chi connectivity index (χ0v) is 13.6. The number of amides is 2. The minimum Gasteiger partial charge on any atom is -0.379 e. The fraction of sp³-hybridized carbons (Fsp3) is 0.562. The first-order valence-electron chi connectivity index (χ1n) is 7.88. The summed E-state index contributed by atoms with van der Waals surface area (Å²) in [5.41, 5.74) is 0.857. The van der Waals surface area contributed by atoms with Crippen molar-refractivity contribution in [2.24, 2.45) is 0 Å². The third-order valence-corrected chi connectivity index (χ3v) is 3.97. The highest BCUT2D eigenvalue weighted by atomic mass is 16.5. The number of hydrogen-bond acceptors (Lipinski definition) is 5. The van der Waals surface area contributed by atoms with Gasteiger partial charge in [-0.05, 0) is 25.5 Å². The van der Waals surface area contributed by atoms with Crippen LogP contribution in [0, 0.1) is 0 Å². The molecule has 0 radical (unpaired) electrons. The Hall–Kier alpha value is -1.99. The minimum atomic E-state index is -0.629. The van der Waals surface area contributed by atoms with Crippen molar-refractivity contribution in [2.45, 2.75) is 25.9 Å². The van der Waals surface area contributed by atoms with E-state index in [0.29, 0.717) is 19.8 Å². The summed E-state index contributed by atoms with van der Waals surface area (Å²) in [6, 6.07) is 3.56. The molecule has 126 valence electrons. The van der Waals surface area contributed by atoms with Crippen molar-refractivity contribution < 1.29 is 14.3 Å². The molecular formula is C16H24N4O3. The second-order valence-electron chi connectivity index (χ2n) is 5.69. The Kier molecular flexibility index (Phi) is 6.49. The van der Waals surface area contributed by atoms with E-state index in [2.05, 4.69) is 20.5 Å². The van der Waals surface area contributed by atoms with Crippen LogP contribution in [-0.4, -0.2) is 60.6 Å². The summed E-state index contributed by atoms with van der Waals surface area (Å²) in [6.45, 7) is 7.40. The maximum Gasteiger partial charge on any atom is 0.309 e. The molecule has 1 aliphatic rings. The van der Waals surface area contributed by atoms with Crippen molar-refractivity contribution >= 4 is 11.8 Å². The van der Waals surface area contributed by atoms with Crippen LogP contribution in [0.3, 0.4) is 0 Å². The molecule has 1 saturated heterocycles. The molecule has 0 unspecified atom stereocenters. The van der Waals surface area contributed by atoms with Crippen LogP contribution in [0.4, 0.5) is 0 Å². The van der Waals surface area contributed by atoms with Gasteiger partial charge in [-0.2, -0.15) is 0 Å². The van der Waals surface area contributed by atoms with E-state index in [0.717, 1.165) is 18.7 Å². The SMILES string of the molecule is C[C@H](CNC(=O)C(=O)N[C@H](C)c1cccnc1)N1CCOCC1. The Labute approximate surface area is 136 Å². The number of nitrogens with one attached hydrogen (secondary N) is 2. The molecule has 0 saturated carbocycles. The van der Waals surface area contributed by atoms with E-state index in [1.807, 2.05) is 19.9 Å². The normalized spacial score (nSPS) is 18.0. The van der Waals surface area contributed by atoms with Gasteiger partial charge in [0, 0.05) is 38.1 Å². The second kappa shape index (κ2) is 8.59. The van der Waals surface area contributed by atoms with Crippen LogP contribution in [-0.2, 0) is 14.3 Å². The van der Waals surface area contributed by atoms with Crippen LogP contribution < -0.4 is 10.6 Å². The lowest BCUT2D eigenvalue weighted by molar-refractivity contribution is -0.139. The third kappa shape index (κ3) is 5.30. The van der Waals surface area contributed by atoms with Crippen LogP contribution in [0.2, 0.25) is 0 Å². The van der Waals surface area contributed by atoms with Crippen molar-refractivity contribution in [2.75, 3.05) is 32.8 Å². The molecule has 2 rings (SSSR count). The number of hydrogen-bond donors (Lipinski definition) is 2. The summed E-state index contributed by atoms with van der Waals surface area (Å²) in [5, 5.41) is 5.36. The van der Waals surface area contributed by atoms with Crippen molar-refractivity contribution in [1.82, 2.24) is 20.5 Å². The molecular weight excluding hydrogens is 296 g/mol. The van der Waals surface area contributed by atoms with Crippen molar-refractivity contribution in [3.05, 3.63) is 30.1 Å². The van der Waals surface area contributed by atoms with Crippen LogP contribution >= 0.6 is 0 Å². The molecule has 2 atom stereocenters. The van der Waals surface area contributed by atoms with Gasteiger partial charge in [0.2, 0.25) is 0 Å². The number of aromatic nitrogens is 1. The molecule has 1 aliphatic heterocycles. The van der Waals surface area contributed by atoms with Gasteiger partial charge in [0.25, 0.3) is 0 Å². The molecule has 7 heteroatoms. The predicted octanol–water partition coefficient (Wildman–Crippen LogP) is 0.0957. The molecule has 1 aromatic rings. The average molecular weight is 320 g/mol. The highest BCUT2D eigenvalue weighted by Gasteiger charge is 2.20. The number of morpholine rings is 1. The molecule has 7 nitrogen and oxygen atoms in total. The van der Waals surface area contributed by atoms with Gasteiger partial charge < -0.3 is 15.4 Å². The van der Waals surface area contributed by atoms with Gasteiger partial charge in [-0.1, -0.05) is 6.07 Å². The summed E-state index contributed by atoms with van der Waals surface area (Å²) in [4.78, 5) is 30.1. The van der Waals surface area contributed by atoms with E-state index in [-0.39, 0.29) is 12.1 Å². The number of carbonyl (C=O) groups excluding carboxylic acids is 2. The van der Waals surface area contributed by atoms with Gasteiger partial charge in [0.1, 0.15) is 0 Å². The first kappa shape index (κ1) is 17.4. The standard InChI is InChI=1S/C16H24N4O3/c1-12(20-6-8-23-9-7-20)10-18-15(21)16(22)19-13(2)14-4-3-5-17-11-14/h3-5,11-13H,6-10H2,1-2H3,(H,18,21)(H,19,22)/t12-,13-/m1/s1. The van der Waals surface area contributed by atoms with E-state index in [1.54, 1.807) is 18.5 Å². The van der Waals surface area contributed by atoms with Gasteiger partial charge in [0.05, 0.1) is 19.3 Å². The molecule has 0 spiro atoms. The van der Waals surface area contributed by atoms with Crippen LogP contribution in [0.15, 0.2) is 24.5 Å². The third-order valence-electron chi connectivity index (χ3n) is 3.97. The zero-order valence-electron chi connectivity index (χ0n) is 13.6. The van der Waals surface area contributed by atoms with Gasteiger partial charge >= 0.3 is 11.8 Å². The average Bonchev–Trinajstić information content (AvgIpc) is 2.60. The molecule has 2 heterocycles. The number of carbonyl (C=O) groups is 2. The summed E-state index contributed by atoms with van der Waals surface area (Å²) in [6.07, 6.45) is 3.33. The first-order chi connectivity index (χ1) is 11.1. The van der Waals surface area contributed by atoms with E-state index < -0.39 is 11.8 Å². The minimum absolute atomic E-state index is 0.173. The Morgan fingerprint density at radius 3 is 2.70 bits per heavy atom. The monoisotopic (exact) mass is 320 g/mol. The molecule has 0 aromatic carbocycles. The Balaban J connectivity index is 1.75. The summed E-state index contributed by atoms with van der Waals surface area (Å²) >= 11 is 0. The maximum absolute atomic E-state index is 11.9. The maximum atomic E-state index is 11.9. The second-order valence-corrected chi connectivity index (χ2v) is 5.69. The smallest absolute Gasteiger partial charge is 0.309 e. The molecule has 2 N–H and O–H groups in total. The Bertz CT molecular complexity index is 517. The van der Waals surface area contributed by atoms with Crippen molar-refractivity contribution in [1.29, 1.82) is 0 Å². The van der Waals surface area contributed by atoms with E-state index in [4.69, 9.17) is 4.74 Å². The molecule has 2 amide bonds. The lowest BCUT2D eigenvalue weighted by atomic mass is 10.1. The van der Waals surface area contributed by atoms with Gasteiger partial charge in [-0.3, -0.25) is 19.5 Å². The number of nitrogens with zero attached hydrogens (tertiary/aromatic N) is 2. The van der Waals surface area contributed by atoms with E-state index in [1.165, 1.54) is 0 Å². The van der Waals surface area contributed by atoms with Crippen molar-refractivity contribution in [3.63, 3.8) is 0 Å². The largest absolute Gasteiger partial charge is 0.379 e. The number of rotatable bonds is 5. The van der Waals surface area contributed by atoms with Crippen LogP contribution in [0.25, 0.3) is 0 Å². The number of ether oxygens (including phenoxy) is 1. The molecule has 0 bridgehead atoms. The lowest BCUT2D eigenvalue weighted by Gasteiger charge is -2.32. The summed E-state index contributed by atoms with van der Waals surface area (Å²) in [7, 11) is 0. The molecule has 23 heavy (non-hydrogen) atoms. The highest BCUT2D eigenvalue weighted by molar-refractivity contribution is 6.35. The van der Waals surface area contributed by atoms with Gasteiger partial charge in [-0.25, -0.2) is 0 Å². The van der Waals surface area contributed by atoms with Crippen molar-refractivity contribution in [3.8, 4) is 0 Å². The Morgan fingerprint density at radius 1 is 1.30 bits per heavy atom. The molecule has 1 fully saturated rings. The zero-order chi connectivity index (χ0) is 16.7. The fourth-order valence-corrected chi connectivity index (χ4v) is 2.45. The van der Waals surface area contributed by atoms with Gasteiger partial charge in [-0.15, -0.1) is 0 Å². The Morgan fingerprint density at radius 2 is 2.04 bits per heavy atom. The lowest BCUT2D eigenvalue weighted by Crippen LogP contribution is -2.49. The summed E-state index contributed by atoms with van der Waals surface area (Å²) < 4.78 is 5.30. The van der Waals surface area contributed by atoms with E-state index in [9.17, 15) is 9.59 Å². The topological polar surface area (TPSA) is 83.6 Å². The van der Waals surface area contributed by atoms with Crippen LogP contribution in [0.5, 0.6) is 0 Å². The van der Waals surface area contributed by atoms with Crippen LogP contribution in [0.1, 0.15) is 25.5 Å².